The Bertz CT molecular complexity index is 268. The van der Waals surface area contributed by atoms with Gasteiger partial charge in [-0.1, -0.05) is 12.1 Å². The van der Waals surface area contributed by atoms with Crippen LogP contribution >= 0.6 is 22.6 Å². The van der Waals surface area contributed by atoms with Crippen molar-refractivity contribution in [2.45, 2.75) is 13.0 Å². The summed E-state index contributed by atoms with van der Waals surface area (Å²) in [6.45, 7) is 3.70. The Morgan fingerprint density at radius 3 is 2.75 bits per heavy atom. The van der Waals surface area contributed by atoms with Crippen molar-refractivity contribution in [1.29, 1.82) is 0 Å². The maximum atomic E-state index is 2.48. The first-order valence-corrected chi connectivity index (χ1v) is 5.39. The molecule has 0 aromatic heterocycles. The zero-order valence-corrected chi connectivity index (χ0v) is 9.12. The van der Waals surface area contributed by atoms with E-state index in [4.69, 9.17) is 0 Å². The predicted octanol–water partition coefficient (Wildman–Crippen LogP) is 2.50. The zero-order valence-electron chi connectivity index (χ0n) is 6.96. The molecule has 0 atom stereocenters. The Hall–Kier alpha value is -0.0900. The Morgan fingerprint density at radius 2 is 2.17 bits per heavy atom. The van der Waals surface area contributed by atoms with Crippen LogP contribution in [0.3, 0.4) is 0 Å². The van der Waals surface area contributed by atoms with E-state index in [1.807, 2.05) is 0 Å². The van der Waals surface area contributed by atoms with E-state index in [0.717, 1.165) is 6.54 Å². The standard InChI is InChI=1S/C10H12IN/c11-10-4-1-3-9(7-10)8-12-5-2-6-12/h1,3-4,7H,2,5-6,8H2. The van der Waals surface area contributed by atoms with Gasteiger partial charge in [-0.25, -0.2) is 0 Å². The molecule has 0 spiro atoms. The van der Waals surface area contributed by atoms with Gasteiger partial charge in [0.1, 0.15) is 0 Å². The van der Waals surface area contributed by atoms with Gasteiger partial charge in [0, 0.05) is 10.1 Å². The summed E-state index contributed by atoms with van der Waals surface area (Å²) in [5.74, 6) is 0. The summed E-state index contributed by atoms with van der Waals surface area (Å²) in [5.41, 5.74) is 1.45. The van der Waals surface area contributed by atoms with Crippen molar-refractivity contribution in [1.82, 2.24) is 4.90 Å². The average Bonchev–Trinajstić information content (AvgIpc) is 1.97. The van der Waals surface area contributed by atoms with Crippen molar-refractivity contribution in [2.75, 3.05) is 13.1 Å². The highest BCUT2D eigenvalue weighted by molar-refractivity contribution is 14.1. The SMILES string of the molecule is Ic1cccc(CN2CCC2)c1. The third-order valence-corrected chi connectivity index (χ3v) is 2.91. The molecule has 0 aliphatic carbocycles. The van der Waals surface area contributed by atoms with Crippen molar-refractivity contribution in [3.63, 3.8) is 0 Å². The van der Waals surface area contributed by atoms with E-state index < -0.39 is 0 Å². The van der Waals surface area contributed by atoms with Gasteiger partial charge in [-0.2, -0.15) is 0 Å². The third-order valence-electron chi connectivity index (χ3n) is 2.24. The number of benzene rings is 1. The quantitative estimate of drug-likeness (QED) is 0.748. The molecule has 1 aliphatic heterocycles. The van der Waals surface area contributed by atoms with Gasteiger partial charge < -0.3 is 0 Å². The summed E-state index contributed by atoms with van der Waals surface area (Å²) in [5, 5.41) is 0. The van der Waals surface area contributed by atoms with Crippen LogP contribution in [-0.4, -0.2) is 18.0 Å². The van der Waals surface area contributed by atoms with Crippen LogP contribution in [0, 0.1) is 3.57 Å². The van der Waals surface area contributed by atoms with Crippen molar-refractivity contribution in [3.8, 4) is 0 Å². The van der Waals surface area contributed by atoms with Gasteiger partial charge in [-0.05, 0) is 59.8 Å². The molecule has 0 amide bonds. The summed E-state index contributed by atoms with van der Waals surface area (Å²) >= 11 is 2.36. The summed E-state index contributed by atoms with van der Waals surface area (Å²) in [6, 6.07) is 8.75. The Labute approximate surface area is 86.9 Å². The topological polar surface area (TPSA) is 3.24 Å². The van der Waals surface area contributed by atoms with E-state index >= 15 is 0 Å². The number of hydrogen-bond donors (Lipinski definition) is 0. The van der Waals surface area contributed by atoms with E-state index in [1.165, 1.54) is 28.6 Å². The first-order valence-electron chi connectivity index (χ1n) is 4.31. The number of likely N-dealkylation sites (tertiary alicyclic amines) is 1. The van der Waals surface area contributed by atoms with Gasteiger partial charge in [-0.15, -0.1) is 0 Å². The van der Waals surface area contributed by atoms with Crippen LogP contribution in [0.4, 0.5) is 0 Å². The highest BCUT2D eigenvalue weighted by atomic mass is 127. The van der Waals surface area contributed by atoms with Gasteiger partial charge in [0.2, 0.25) is 0 Å². The molecule has 0 bridgehead atoms. The van der Waals surface area contributed by atoms with Crippen molar-refractivity contribution >= 4 is 22.6 Å². The molecule has 1 nitrogen and oxygen atoms in total. The van der Waals surface area contributed by atoms with E-state index in [9.17, 15) is 0 Å². The Balaban J connectivity index is 2.02. The van der Waals surface area contributed by atoms with Crippen LogP contribution in [0.15, 0.2) is 24.3 Å². The smallest absolute Gasteiger partial charge is 0.0234 e. The highest BCUT2D eigenvalue weighted by Gasteiger charge is 2.13. The largest absolute Gasteiger partial charge is 0.299 e. The number of nitrogens with zero attached hydrogens (tertiary/aromatic N) is 1. The van der Waals surface area contributed by atoms with E-state index in [0.29, 0.717) is 0 Å². The predicted molar refractivity (Wildman–Crippen MR) is 59.1 cm³/mol. The number of hydrogen-bond acceptors (Lipinski definition) is 1. The van der Waals surface area contributed by atoms with E-state index in [2.05, 4.69) is 51.8 Å². The van der Waals surface area contributed by atoms with Crippen LogP contribution in [0.25, 0.3) is 0 Å². The number of rotatable bonds is 2. The minimum Gasteiger partial charge on any atom is -0.299 e. The van der Waals surface area contributed by atoms with Crippen LogP contribution in [-0.2, 0) is 6.54 Å². The fraction of sp³-hybridized carbons (Fsp3) is 0.400. The second-order valence-electron chi connectivity index (χ2n) is 3.26. The lowest BCUT2D eigenvalue weighted by atomic mass is 10.1. The molecular weight excluding hydrogens is 261 g/mol. The molecule has 2 rings (SSSR count). The average molecular weight is 273 g/mol. The van der Waals surface area contributed by atoms with Crippen LogP contribution in [0.1, 0.15) is 12.0 Å². The molecule has 12 heavy (non-hydrogen) atoms. The van der Waals surface area contributed by atoms with Crippen LogP contribution < -0.4 is 0 Å². The van der Waals surface area contributed by atoms with Crippen LogP contribution in [0.2, 0.25) is 0 Å². The summed E-state index contributed by atoms with van der Waals surface area (Å²) in [4.78, 5) is 2.48. The first kappa shape index (κ1) is 8.51. The Morgan fingerprint density at radius 1 is 1.33 bits per heavy atom. The lowest BCUT2D eigenvalue weighted by molar-refractivity contribution is 0.172. The lowest BCUT2D eigenvalue weighted by Crippen LogP contribution is -2.36. The Kier molecular flexibility index (Phi) is 2.66. The normalized spacial score (nSPS) is 17.4. The van der Waals surface area contributed by atoms with Crippen LogP contribution in [0.5, 0.6) is 0 Å². The van der Waals surface area contributed by atoms with Gasteiger partial charge in [0.05, 0.1) is 0 Å². The third kappa shape index (κ3) is 1.98. The fourth-order valence-corrected chi connectivity index (χ4v) is 2.04. The molecule has 1 saturated heterocycles. The maximum Gasteiger partial charge on any atom is 0.0234 e. The van der Waals surface area contributed by atoms with Gasteiger partial charge >= 0.3 is 0 Å². The zero-order chi connectivity index (χ0) is 8.39. The summed E-state index contributed by atoms with van der Waals surface area (Å²) in [7, 11) is 0. The molecular formula is C10H12IN. The second kappa shape index (κ2) is 3.75. The summed E-state index contributed by atoms with van der Waals surface area (Å²) < 4.78 is 1.34. The molecule has 2 heteroatoms. The minimum atomic E-state index is 1.14. The second-order valence-corrected chi connectivity index (χ2v) is 4.51. The minimum absolute atomic E-state index is 1.14. The molecule has 1 aromatic rings. The van der Waals surface area contributed by atoms with Gasteiger partial charge in [0.25, 0.3) is 0 Å². The van der Waals surface area contributed by atoms with E-state index in [-0.39, 0.29) is 0 Å². The summed E-state index contributed by atoms with van der Waals surface area (Å²) in [6.07, 6.45) is 1.38. The fourth-order valence-electron chi connectivity index (χ4n) is 1.43. The molecule has 1 aliphatic rings. The first-order chi connectivity index (χ1) is 5.84. The lowest BCUT2D eigenvalue weighted by Gasteiger charge is -2.30. The molecule has 1 aromatic carbocycles. The highest BCUT2D eigenvalue weighted by Crippen LogP contribution is 2.14. The molecule has 1 heterocycles. The molecule has 1 fully saturated rings. The number of halogens is 1. The van der Waals surface area contributed by atoms with Crippen molar-refractivity contribution < 1.29 is 0 Å². The van der Waals surface area contributed by atoms with Gasteiger partial charge in [0.15, 0.2) is 0 Å². The van der Waals surface area contributed by atoms with Crippen molar-refractivity contribution in [2.24, 2.45) is 0 Å². The van der Waals surface area contributed by atoms with Gasteiger partial charge in [-0.3, -0.25) is 4.90 Å². The molecule has 0 radical (unpaired) electrons. The molecule has 0 N–H and O–H groups in total. The molecule has 64 valence electrons. The maximum absolute atomic E-state index is 2.48. The van der Waals surface area contributed by atoms with Crippen molar-refractivity contribution in [3.05, 3.63) is 33.4 Å². The molecule has 0 unspecified atom stereocenters. The molecule has 0 saturated carbocycles. The van der Waals surface area contributed by atoms with E-state index in [1.54, 1.807) is 0 Å². The monoisotopic (exact) mass is 273 g/mol.